The summed E-state index contributed by atoms with van der Waals surface area (Å²) in [6, 6.07) is 20.2. The summed E-state index contributed by atoms with van der Waals surface area (Å²) in [4.78, 5) is 23.6. The maximum absolute atomic E-state index is 13.2. The number of likely N-dealkylation sites (tertiary alicyclic amines) is 1. The van der Waals surface area contributed by atoms with E-state index in [1.54, 1.807) is 12.4 Å². The third-order valence-corrected chi connectivity index (χ3v) is 5.56. The van der Waals surface area contributed by atoms with Crippen molar-refractivity contribution in [3.8, 4) is 6.01 Å². The number of nitrogens with one attached hydrogen (secondary N) is 1. The highest BCUT2D eigenvalue weighted by Crippen LogP contribution is 2.23. The van der Waals surface area contributed by atoms with Crippen LogP contribution in [0.3, 0.4) is 0 Å². The fourth-order valence-electron chi connectivity index (χ4n) is 3.82. The molecule has 0 radical (unpaired) electrons. The lowest BCUT2D eigenvalue weighted by Gasteiger charge is -2.33. The molecule has 2 amide bonds. The molecule has 6 heteroatoms. The van der Waals surface area contributed by atoms with Crippen LogP contribution >= 0.6 is 0 Å². The zero-order valence-corrected chi connectivity index (χ0v) is 17.8. The van der Waals surface area contributed by atoms with E-state index >= 15 is 0 Å². The van der Waals surface area contributed by atoms with Crippen molar-refractivity contribution >= 4 is 6.03 Å². The number of benzene rings is 2. The molecule has 1 unspecified atom stereocenters. The highest BCUT2D eigenvalue weighted by Gasteiger charge is 2.27. The van der Waals surface area contributed by atoms with Gasteiger partial charge in [-0.3, -0.25) is 0 Å². The third-order valence-electron chi connectivity index (χ3n) is 5.56. The largest absolute Gasteiger partial charge is 0.458 e. The van der Waals surface area contributed by atoms with Crippen LogP contribution in [0.4, 0.5) is 4.79 Å². The molecule has 6 nitrogen and oxygen atoms in total. The molecule has 1 fully saturated rings. The minimum Gasteiger partial charge on any atom is -0.458 e. The number of amides is 2. The lowest BCUT2D eigenvalue weighted by molar-refractivity contribution is 0.0932. The lowest BCUT2D eigenvalue weighted by atomic mass is 9.99. The summed E-state index contributed by atoms with van der Waals surface area (Å²) < 4.78 is 5.97. The van der Waals surface area contributed by atoms with Gasteiger partial charge in [0, 0.05) is 18.9 Å². The van der Waals surface area contributed by atoms with Gasteiger partial charge in [-0.2, -0.15) is 0 Å². The fraction of sp³-hybridized carbons (Fsp3) is 0.320. The predicted octanol–water partition coefficient (Wildman–Crippen LogP) is 4.38. The minimum atomic E-state index is -0.207. The van der Waals surface area contributed by atoms with E-state index in [9.17, 15) is 4.79 Å². The summed E-state index contributed by atoms with van der Waals surface area (Å²) >= 11 is 0. The lowest BCUT2D eigenvalue weighted by Crippen LogP contribution is -2.49. The van der Waals surface area contributed by atoms with Gasteiger partial charge in [0.2, 0.25) is 0 Å². The zero-order chi connectivity index (χ0) is 21.5. The molecule has 1 atom stereocenters. The van der Waals surface area contributed by atoms with Gasteiger partial charge in [-0.25, -0.2) is 14.8 Å². The number of piperidine rings is 1. The normalized spacial score (nSPS) is 16.2. The average molecular weight is 417 g/mol. The van der Waals surface area contributed by atoms with E-state index in [0.717, 1.165) is 36.0 Å². The molecule has 4 rings (SSSR count). The van der Waals surface area contributed by atoms with Crippen LogP contribution in [0.5, 0.6) is 6.01 Å². The summed E-state index contributed by atoms with van der Waals surface area (Å²) in [7, 11) is 0. The molecule has 2 aromatic carbocycles. The molecule has 0 saturated carbocycles. The van der Waals surface area contributed by atoms with E-state index in [1.165, 1.54) is 0 Å². The summed E-state index contributed by atoms with van der Waals surface area (Å²) in [5.41, 5.74) is 3.18. The van der Waals surface area contributed by atoms with Gasteiger partial charge in [-0.1, -0.05) is 67.6 Å². The first-order chi connectivity index (χ1) is 15.2. The van der Waals surface area contributed by atoms with E-state index in [-0.39, 0.29) is 18.2 Å². The van der Waals surface area contributed by atoms with Gasteiger partial charge in [0.1, 0.15) is 6.10 Å². The second-order valence-corrected chi connectivity index (χ2v) is 7.76. The maximum Gasteiger partial charge on any atom is 0.318 e. The molecule has 0 spiro atoms. The Morgan fingerprint density at radius 2 is 1.68 bits per heavy atom. The Labute approximate surface area is 183 Å². The van der Waals surface area contributed by atoms with E-state index in [2.05, 4.69) is 22.2 Å². The second-order valence-electron chi connectivity index (χ2n) is 7.76. The highest BCUT2D eigenvalue weighted by molar-refractivity contribution is 5.75. The van der Waals surface area contributed by atoms with Crippen molar-refractivity contribution in [3.63, 3.8) is 0 Å². The summed E-state index contributed by atoms with van der Waals surface area (Å²) in [6.07, 6.45) is 6.12. The first kappa shape index (κ1) is 20.8. The molecule has 1 aliphatic rings. The van der Waals surface area contributed by atoms with Gasteiger partial charge >= 0.3 is 12.0 Å². The molecular weight excluding hydrogens is 388 g/mol. The van der Waals surface area contributed by atoms with E-state index in [1.807, 2.05) is 65.6 Å². The van der Waals surface area contributed by atoms with E-state index in [0.29, 0.717) is 19.1 Å². The fourth-order valence-corrected chi connectivity index (χ4v) is 3.82. The number of aryl methyl sites for hydroxylation is 1. The van der Waals surface area contributed by atoms with Crippen LogP contribution in [0.15, 0.2) is 73.1 Å². The quantitative estimate of drug-likeness (QED) is 0.647. The Hall–Kier alpha value is -3.41. The first-order valence-electron chi connectivity index (χ1n) is 10.9. The number of ether oxygens (including phenoxy) is 1. The third kappa shape index (κ3) is 5.40. The molecule has 0 bridgehead atoms. The van der Waals surface area contributed by atoms with Crippen molar-refractivity contribution in [2.45, 2.75) is 38.3 Å². The molecule has 31 heavy (non-hydrogen) atoms. The first-order valence-corrected chi connectivity index (χ1v) is 10.9. The molecule has 160 valence electrons. The molecule has 0 aliphatic carbocycles. The number of aromatic nitrogens is 2. The van der Waals surface area contributed by atoms with Crippen LogP contribution in [0, 0.1) is 0 Å². The minimum absolute atomic E-state index is 0.0896. The van der Waals surface area contributed by atoms with Crippen molar-refractivity contribution in [1.82, 2.24) is 20.2 Å². The molecular formula is C25H28N4O2. The zero-order valence-electron chi connectivity index (χ0n) is 17.8. The Bertz CT molecular complexity index is 924. The van der Waals surface area contributed by atoms with Crippen molar-refractivity contribution in [3.05, 3.63) is 89.7 Å². The number of urea groups is 1. The van der Waals surface area contributed by atoms with Crippen LogP contribution in [-0.2, 0) is 6.42 Å². The summed E-state index contributed by atoms with van der Waals surface area (Å²) in [5.74, 6) is 0. The average Bonchev–Trinajstić information content (AvgIpc) is 2.84. The smallest absolute Gasteiger partial charge is 0.318 e. The standard InChI is InChI=1S/C25H28N4O2/c1-2-19-16-26-24(27-17-19)31-22-14-9-15-29(18-22)25(30)28-23(20-10-5-3-6-11-20)21-12-7-4-8-13-21/h3-8,10-13,16-17,22-23H,2,9,14-15,18H2,1H3,(H,28,30). The number of nitrogens with zero attached hydrogens (tertiary/aromatic N) is 3. The van der Waals surface area contributed by atoms with E-state index < -0.39 is 0 Å². The molecule has 1 aliphatic heterocycles. The molecule has 2 heterocycles. The van der Waals surface area contributed by atoms with Gasteiger partial charge in [-0.15, -0.1) is 0 Å². The maximum atomic E-state index is 13.2. The van der Waals surface area contributed by atoms with Crippen molar-refractivity contribution in [2.24, 2.45) is 0 Å². The van der Waals surface area contributed by atoms with Crippen LogP contribution in [0.1, 0.15) is 42.5 Å². The summed E-state index contributed by atoms with van der Waals surface area (Å²) in [5, 5.41) is 3.22. The van der Waals surface area contributed by atoms with Crippen molar-refractivity contribution in [1.29, 1.82) is 0 Å². The topological polar surface area (TPSA) is 67.3 Å². The Kier molecular flexibility index (Phi) is 6.77. The number of carbonyl (C=O) groups is 1. The number of rotatable bonds is 6. The second kappa shape index (κ2) is 10.1. The Morgan fingerprint density at radius 3 is 2.26 bits per heavy atom. The molecule has 1 N–H and O–H groups in total. The SMILES string of the molecule is CCc1cnc(OC2CCCN(C(=O)NC(c3ccccc3)c3ccccc3)C2)nc1. The van der Waals surface area contributed by atoms with Crippen molar-refractivity contribution in [2.75, 3.05) is 13.1 Å². The van der Waals surface area contributed by atoms with Crippen LogP contribution < -0.4 is 10.1 Å². The monoisotopic (exact) mass is 416 g/mol. The predicted molar refractivity (Wildman–Crippen MR) is 120 cm³/mol. The van der Waals surface area contributed by atoms with Crippen LogP contribution in [0.25, 0.3) is 0 Å². The van der Waals surface area contributed by atoms with Crippen LogP contribution in [0.2, 0.25) is 0 Å². The van der Waals surface area contributed by atoms with Gasteiger partial charge in [0.15, 0.2) is 0 Å². The molecule has 1 saturated heterocycles. The van der Waals surface area contributed by atoms with Gasteiger partial charge in [-0.05, 0) is 36.0 Å². The van der Waals surface area contributed by atoms with Crippen molar-refractivity contribution < 1.29 is 9.53 Å². The number of carbonyl (C=O) groups excluding carboxylic acids is 1. The Balaban J connectivity index is 1.43. The number of hydrogen-bond donors (Lipinski definition) is 1. The van der Waals surface area contributed by atoms with Crippen LogP contribution in [-0.4, -0.2) is 40.1 Å². The highest BCUT2D eigenvalue weighted by atomic mass is 16.5. The molecule has 1 aromatic heterocycles. The van der Waals surface area contributed by atoms with E-state index in [4.69, 9.17) is 4.74 Å². The molecule has 3 aromatic rings. The van der Waals surface area contributed by atoms with Gasteiger partial charge < -0.3 is 15.0 Å². The summed E-state index contributed by atoms with van der Waals surface area (Å²) in [6.45, 7) is 3.29. The Morgan fingerprint density at radius 1 is 1.06 bits per heavy atom. The number of hydrogen-bond acceptors (Lipinski definition) is 4. The van der Waals surface area contributed by atoms with Gasteiger partial charge in [0.25, 0.3) is 0 Å². The van der Waals surface area contributed by atoms with Gasteiger partial charge in [0.05, 0.1) is 12.6 Å².